The van der Waals surface area contributed by atoms with E-state index < -0.39 is 6.61 Å². The molecule has 118 valence electrons. The summed E-state index contributed by atoms with van der Waals surface area (Å²) < 4.78 is 28.4. The number of rotatable bonds is 10. The highest BCUT2D eigenvalue weighted by atomic mass is 19.3. The van der Waals surface area contributed by atoms with Gasteiger partial charge in [0.1, 0.15) is 5.75 Å². The maximum atomic E-state index is 12.0. The predicted octanol–water partition coefficient (Wildman–Crippen LogP) is 4.39. The van der Waals surface area contributed by atoms with E-state index in [9.17, 15) is 8.78 Å². The molecule has 0 spiro atoms. The predicted molar refractivity (Wildman–Crippen MR) is 80.8 cm³/mol. The van der Waals surface area contributed by atoms with Crippen LogP contribution < -0.4 is 10.1 Å². The fraction of sp³-hybridized carbons (Fsp3) is 0.647. The molecule has 4 heteroatoms. The summed E-state index contributed by atoms with van der Waals surface area (Å²) in [6, 6.07) is 7.42. The van der Waals surface area contributed by atoms with Crippen molar-refractivity contribution >= 4 is 0 Å². The van der Waals surface area contributed by atoms with Crippen LogP contribution in [0.4, 0.5) is 8.78 Å². The van der Waals surface area contributed by atoms with E-state index >= 15 is 0 Å². The van der Waals surface area contributed by atoms with Gasteiger partial charge >= 0.3 is 6.61 Å². The highest BCUT2D eigenvalue weighted by molar-refractivity contribution is 5.27. The Labute approximate surface area is 125 Å². The Bertz CT molecular complexity index is 404. The maximum absolute atomic E-state index is 12.0. The molecule has 1 aliphatic rings. The third kappa shape index (κ3) is 6.89. The molecule has 1 aliphatic carbocycles. The van der Waals surface area contributed by atoms with Crippen molar-refractivity contribution in [1.82, 2.24) is 5.32 Å². The van der Waals surface area contributed by atoms with Gasteiger partial charge in [-0.15, -0.1) is 0 Å². The van der Waals surface area contributed by atoms with Crippen molar-refractivity contribution in [3.63, 3.8) is 0 Å². The number of aryl methyl sites for hydroxylation is 1. The second-order valence-corrected chi connectivity index (χ2v) is 6.00. The molecule has 1 aromatic rings. The van der Waals surface area contributed by atoms with Crippen LogP contribution >= 0.6 is 0 Å². The average Bonchev–Trinajstić information content (AvgIpc) is 3.26. The van der Waals surface area contributed by atoms with Crippen LogP contribution in [0.25, 0.3) is 0 Å². The minimum absolute atomic E-state index is 0.222. The number of alkyl halides is 2. The zero-order chi connectivity index (χ0) is 15.1. The molecule has 1 atom stereocenters. The van der Waals surface area contributed by atoms with Crippen LogP contribution in [-0.4, -0.2) is 19.2 Å². The van der Waals surface area contributed by atoms with Crippen LogP contribution in [0.3, 0.4) is 0 Å². The quantitative estimate of drug-likeness (QED) is 0.647. The molecule has 2 rings (SSSR count). The molecule has 1 fully saturated rings. The first-order valence-electron chi connectivity index (χ1n) is 7.90. The van der Waals surface area contributed by atoms with Gasteiger partial charge in [0.05, 0.1) is 0 Å². The summed E-state index contributed by atoms with van der Waals surface area (Å²) in [6.45, 7) is 0.542. The fourth-order valence-corrected chi connectivity index (χ4v) is 2.47. The molecule has 0 bridgehead atoms. The first kappa shape index (κ1) is 16.2. The van der Waals surface area contributed by atoms with Gasteiger partial charge < -0.3 is 10.1 Å². The molecule has 1 saturated carbocycles. The Morgan fingerprint density at radius 2 is 1.95 bits per heavy atom. The number of halogens is 2. The van der Waals surface area contributed by atoms with Crippen molar-refractivity contribution in [3.8, 4) is 5.75 Å². The lowest BCUT2D eigenvalue weighted by Crippen LogP contribution is -2.27. The molecular weight excluding hydrogens is 272 g/mol. The molecule has 0 radical (unpaired) electrons. The largest absolute Gasteiger partial charge is 0.435 e. The van der Waals surface area contributed by atoms with Crippen molar-refractivity contribution in [3.05, 3.63) is 29.8 Å². The molecule has 0 aliphatic heterocycles. The smallest absolute Gasteiger partial charge is 0.387 e. The van der Waals surface area contributed by atoms with Crippen LogP contribution in [0.2, 0.25) is 0 Å². The summed E-state index contributed by atoms with van der Waals surface area (Å²) >= 11 is 0. The van der Waals surface area contributed by atoms with E-state index in [1.807, 2.05) is 12.1 Å². The Kier molecular flexibility index (Phi) is 6.43. The summed E-state index contributed by atoms with van der Waals surface area (Å²) in [4.78, 5) is 0. The van der Waals surface area contributed by atoms with Crippen LogP contribution in [0.15, 0.2) is 24.3 Å². The van der Waals surface area contributed by atoms with Gasteiger partial charge in [0.15, 0.2) is 0 Å². The molecule has 21 heavy (non-hydrogen) atoms. The van der Waals surface area contributed by atoms with E-state index in [-0.39, 0.29) is 5.75 Å². The lowest BCUT2D eigenvalue weighted by molar-refractivity contribution is -0.0498. The Balaban J connectivity index is 1.59. The zero-order valence-corrected chi connectivity index (χ0v) is 12.7. The van der Waals surface area contributed by atoms with Gasteiger partial charge in [-0.2, -0.15) is 8.78 Å². The molecule has 0 amide bonds. The van der Waals surface area contributed by atoms with Crippen molar-refractivity contribution in [1.29, 1.82) is 0 Å². The molecule has 2 nitrogen and oxygen atoms in total. The zero-order valence-electron chi connectivity index (χ0n) is 12.7. The van der Waals surface area contributed by atoms with Crippen LogP contribution in [0, 0.1) is 5.92 Å². The van der Waals surface area contributed by atoms with E-state index in [0.717, 1.165) is 30.9 Å². The first-order chi connectivity index (χ1) is 10.1. The number of hydrogen-bond acceptors (Lipinski definition) is 2. The summed E-state index contributed by atoms with van der Waals surface area (Å²) in [5.41, 5.74) is 1.16. The van der Waals surface area contributed by atoms with Crippen LogP contribution in [0.1, 0.15) is 44.6 Å². The van der Waals surface area contributed by atoms with Gasteiger partial charge in [-0.25, -0.2) is 0 Å². The topological polar surface area (TPSA) is 21.3 Å². The number of benzene rings is 1. The number of nitrogens with one attached hydrogen (secondary N) is 1. The standard InChI is InChI=1S/C17H25F2NO/c1-13(20-12-2-3-14-6-7-14)4-5-15-8-10-16(11-9-15)21-17(18)19/h8-11,13-14,17,20H,2-7,12H2,1H3. The second-order valence-electron chi connectivity index (χ2n) is 6.00. The SMILES string of the molecule is CC(CCc1ccc(OC(F)F)cc1)NCCCC1CC1. The van der Waals surface area contributed by atoms with E-state index in [2.05, 4.69) is 17.0 Å². The molecule has 0 saturated heterocycles. The minimum atomic E-state index is -2.75. The lowest BCUT2D eigenvalue weighted by atomic mass is 10.1. The number of ether oxygens (including phenoxy) is 1. The molecule has 1 unspecified atom stereocenters. The first-order valence-corrected chi connectivity index (χ1v) is 7.90. The Morgan fingerprint density at radius 3 is 2.57 bits per heavy atom. The van der Waals surface area contributed by atoms with Gasteiger partial charge in [-0.05, 0) is 62.8 Å². The highest BCUT2D eigenvalue weighted by Gasteiger charge is 2.19. The van der Waals surface area contributed by atoms with Crippen molar-refractivity contribution in [2.45, 2.75) is 58.1 Å². The monoisotopic (exact) mass is 297 g/mol. The molecule has 1 N–H and O–H groups in total. The molecule has 0 heterocycles. The van der Waals surface area contributed by atoms with Gasteiger partial charge in [0.25, 0.3) is 0 Å². The molecule has 1 aromatic carbocycles. The van der Waals surface area contributed by atoms with Gasteiger partial charge in [-0.1, -0.05) is 25.0 Å². The van der Waals surface area contributed by atoms with Crippen molar-refractivity contribution < 1.29 is 13.5 Å². The summed E-state index contributed by atoms with van der Waals surface area (Å²) in [6.07, 6.45) is 7.51. The van der Waals surface area contributed by atoms with Gasteiger partial charge in [0, 0.05) is 6.04 Å². The van der Waals surface area contributed by atoms with Crippen LogP contribution in [0.5, 0.6) is 5.75 Å². The van der Waals surface area contributed by atoms with E-state index in [0.29, 0.717) is 6.04 Å². The van der Waals surface area contributed by atoms with Gasteiger partial charge in [-0.3, -0.25) is 0 Å². The van der Waals surface area contributed by atoms with E-state index in [4.69, 9.17) is 0 Å². The van der Waals surface area contributed by atoms with Crippen molar-refractivity contribution in [2.24, 2.45) is 5.92 Å². The third-order valence-electron chi connectivity index (χ3n) is 3.99. The lowest BCUT2D eigenvalue weighted by Gasteiger charge is -2.14. The number of hydrogen-bond donors (Lipinski definition) is 1. The molecular formula is C17H25F2NO. The Hall–Kier alpha value is -1.16. The maximum Gasteiger partial charge on any atom is 0.387 e. The summed E-state index contributed by atoms with van der Waals surface area (Å²) in [5.74, 6) is 1.23. The second kappa shape index (κ2) is 8.32. The van der Waals surface area contributed by atoms with E-state index in [1.54, 1.807) is 12.1 Å². The fourth-order valence-electron chi connectivity index (χ4n) is 2.47. The summed E-state index contributed by atoms with van der Waals surface area (Å²) in [7, 11) is 0. The average molecular weight is 297 g/mol. The Morgan fingerprint density at radius 1 is 1.24 bits per heavy atom. The van der Waals surface area contributed by atoms with Crippen LogP contribution in [-0.2, 0) is 6.42 Å². The molecule has 0 aromatic heterocycles. The third-order valence-corrected chi connectivity index (χ3v) is 3.99. The van der Waals surface area contributed by atoms with E-state index in [1.165, 1.54) is 25.7 Å². The van der Waals surface area contributed by atoms with Gasteiger partial charge in [0.2, 0.25) is 0 Å². The summed E-state index contributed by atoms with van der Waals surface area (Å²) in [5, 5.41) is 3.55. The minimum Gasteiger partial charge on any atom is -0.435 e. The normalized spacial score (nSPS) is 16.2. The van der Waals surface area contributed by atoms with Crippen molar-refractivity contribution in [2.75, 3.05) is 6.54 Å². The highest BCUT2D eigenvalue weighted by Crippen LogP contribution is 2.33.